The maximum atomic E-state index is 12.8. The number of carbonyl (C=O) groups is 4. The number of halogens is 1. The van der Waals surface area contributed by atoms with Gasteiger partial charge in [0, 0.05) is 5.69 Å². The Morgan fingerprint density at radius 1 is 1.21 bits per heavy atom. The highest BCUT2D eigenvalue weighted by Gasteiger charge is 2.36. The van der Waals surface area contributed by atoms with Gasteiger partial charge in [0.05, 0.1) is 22.5 Å². The first kappa shape index (κ1) is 25.3. The highest BCUT2D eigenvalue weighted by Crippen LogP contribution is 2.39. The monoisotopic (exact) mass is 547 g/mol. The zero-order chi connectivity index (χ0) is 25.0. The Morgan fingerprint density at radius 3 is 2.50 bits per heavy atom. The van der Waals surface area contributed by atoms with Crippen molar-refractivity contribution in [3.8, 4) is 11.5 Å². The first-order chi connectivity index (χ1) is 16.1. The van der Waals surface area contributed by atoms with Crippen molar-refractivity contribution >= 4 is 62.5 Å². The second kappa shape index (κ2) is 10.7. The van der Waals surface area contributed by atoms with Gasteiger partial charge in [-0.3, -0.25) is 19.3 Å². The zero-order valence-corrected chi connectivity index (χ0v) is 20.9. The molecular formula is C23H20BrN2O7S-. The minimum atomic E-state index is -1.40. The number of rotatable bonds is 8. The average molecular weight is 548 g/mol. The van der Waals surface area contributed by atoms with E-state index in [9.17, 15) is 24.3 Å². The third-order valence-electron chi connectivity index (χ3n) is 4.80. The minimum absolute atomic E-state index is 0.127. The van der Waals surface area contributed by atoms with Gasteiger partial charge < -0.3 is 24.7 Å². The molecule has 0 radical (unpaired) electrons. The number of benzene rings is 2. The second-order valence-electron chi connectivity index (χ2n) is 7.28. The maximum Gasteiger partial charge on any atom is 0.294 e. The van der Waals surface area contributed by atoms with Gasteiger partial charge >= 0.3 is 0 Å². The largest absolute Gasteiger partial charge is 0.546 e. The van der Waals surface area contributed by atoms with Crippen molar-refractivity contribution in [2.45, 2.75) is 13.8 Å². The summed E-state index contributed by atoms with van der Waals surface area (Å²) in [4.78, 5) is 49.5. The molecule has 0 aliphatic carbocycles. The van der Waals surface area contributed by atoms with Gasteiger partial charge in [-0.05, 0) is 76.4 Å². The van der Waals surface area contributed by atoms with Crippen LogP contribution < -0.4 is 19.9 Å². The van der Waals surface area contributed by atoms with E-state index in [0.717, 1.165) is 16.0 Å². The maximum absolute atomic E-state index is 12.8. The van der Waals surface area contributed by atoms with Gasteiger partial charge in [0.25, 0.3) is 11.1 Å². The van der Waals surface area contributed by atoms with Gasteiger partial charge in [0.2, 0.25) is 5.91 Å². The summed E-state index contributed by atoms with van der Waals surface area (Å²) in [5.74, 6) is -2.11. The number of carbonyl (C=O) groups excluding carboxylic acids is 4. The lowest BCUT2D eigenvalue weighted by atomic mass is 10.1. The summed E-state index contributed by atoms with van der Waals surface area (Å²) in [5, 5.41) is 12.9. The molecular weight excluding hydrogens is 528 g/mol. The predicted octanol–water partition coefficient (Wildman–Crippen LogP) is 2.88. The van der Waals surface area contributed by atoms with Crippen LogP contribution in [0.3, 0.4) is 0 Å². The van der Waals surface area contributed by atoms with Crippen LogP contribution >= 0.6 is 27.7 Å². The standard InChI is InChI=1S/C23H21BrN2O7S/c1-12-5-4-6-13(2)20(12)25-18(27)10-26-22(30)17(34-23(26)31)9-14-7-15(24)21(16(8-14)32-3)33-11-19(28)29/h4-9H,10-11H2,1-3H3,(H,25,27)(H,28,29)/p-1/b17-9+. The van der Waals surface area contributed by atoms with Gasteiger partial charge in [0.15, 0.2) is 11.5 Å². The van der Waals surface area contributed by atoms with Crippen molar-refractivity contribution in [1.82, 2.24) is 4.90 Å². The number of ether oxygens (including phenoxy) is 2. The molecule has 3 amide bonds. The molecule has 0 aromatic heterocycles. The number of hydrogen-bond acceptors (Lipinski definition) is 8. The Balaban J connectivity index is 1.77. The number of nitrogens with one attached hydrogen (secondary N) is 1. The Morgan fingerprint density at radius 2 is 1.88 bits per heavy atom. The Hall–Kier alpha value is -3.31. The van der Waals surface area contributed by atoms with Crippen LogP contribution in [-0.2, 0) is 14.4 Å². The fraction of sp³-hybridized carbons (Fsp3) is 0.217. The number of methoxy groups -OCH3 is 1. The number of thioether (sulfide) groups is 1. The summed E-state index contributed by atoms with van der Waals surface area (Å²) in [5.41, 5.74) is 2.88. The van der Waals surface area contributed by atoms with Crippen molar-refractivity contribution in [2.24, 2.45) is 0 Å². The van der Waals surface area contributed by atoms with Crippen LogP contribution in [-0.4, -0.2) is 48.2 Å². The molecule has 0 atom stereocenters. The molecule has 2 aromatic carbocycles. The van der Waals surface area contributed by atoms with Crippen LogP contribution in [0.1, 0.15) is 16.7 Å². The number of carboxylic acids is 1. The Kier molecular flexibility index (Phi) is 8.00. The quantitative estimate of drug-likeness (QED) is 0.500. The summed E-state index contributed by atoms with van der Waals surface area (Å²) < 4.78 is 10.8. The van der Waals surface area contributed by atoms with Crippen molar-refractivity contribution in [1.29, 1.82) is 0 Å². The van der Waals surface area contributed by atoms with Crippen LogP contribution in [0.2, 0.25) is 0 Å². The molecule has 1 heterocycles. The fourth-order valence-corrected chi connectivity index (χ4v) is 4.63. The molecule has 0 saturated carbocycles. The Labute approximate surface area is 208 Å². The third-order valence-corrected chi connectivity index (χ3v) is 6.30. The number of imide groups is 1. The average Bonchev–Trinajstić information content (AvgIpc) is 3.02. The second-order valence-corrected chi connectivity index (χ2v) is 9.13. The van der Waals surface area contributed by atoms with Gasteiger partial charge in [-0.25, -0.2) is 0 Å². The van der Waals surface area contributed by atoms with E-state index in [-0.39, 0.29) is 16.4 Å². The van der Waals surface area contributed by atoms with E-state index < -0.39 is 36.2 Å². The molecule has 2 aromatic rings. The van der Waals surface area contributed by atoms with E-state index in [1.54, 1.807) is 6.07 Å². The molecule has 3 rings (SSSR count). The molecule has 1 N–H and O–H groups in total. The lowest BCUT2D eigenvalue weighted by Crippen LogP contribution is -2.36. The Bertz CT molecular complexity index is 1190. The summed E-state index contributed by atoms with van der Waals surface area (Å²) in [7, 11) is 1.38. The van der Waals surface area contributed by atoms with Crippen molar-refractivity contribution < 1.29 is 33.8 Å². The molecule has 0 unspecified atom stereocenters. The van der Waals surface area contributed by atoms with E-state index in [0.29, 0.717) is 27.5 Å². The highest BCUT2D eigenvalue weighted by atomic mass is 79.9. The van der Waals surface area contributed by atoms with Crippen LogP contribution in [0.5, 0.6) is 11.5 Å². The number of nitrogens with zero attached hydrogens (tertiary/aromatic N) is 1. The summed E-state index contributed by atoms with van der Waals surface area (Å²) >= 11 is 4.00. The number of anilines is 1. The minimum Gasteiger partial charge on any atom is -0.546 e. The fourth-order valence-electron chi connectivity index (χ4n) is 3.22. The van der Waals surface area contributed by atoms with E-state index in [4.69, 9.17) is 9.47 Å². The summed E-state index contributed by atoms with van der Waals surface area (Å²) in [6, 6.07) is 8.68. The van der Waals surface area contributed by atoms with Crippen molar-refractivity contribution in [3.05, 3.63) is 56.4 Å². The van der Waals surface area contributed by atoms with Crippen molar-refractivity contribution in [3.63, 3.8) is 0 Å². The molecule has 11 heteroatoms. The van der Waals surface area contributed by atoms with Gasteiger partial charge in [-0.15, -0.1) is 0 Å². The number of carboxylic acid groups (broad SMARTS) is 1. The molecule has 0 spiro atoms. The van der Waals surface area contributed by atoms with E-state index >= 15 is 0 Å². The SMILES string of the molecule is COc1cc(/C=C2/SC(=O)N(CC(=O)Nc3c(C)cccc3C)C2=O)cc(Br)c1OCC(=O)[O-]. The third kappa shape index (κ3) is 5.78. The van der Waals surface area contributed by atoms with Crippen LogP contribution in [0, 0.1) is 13.8 Å². The van der Waals surface area contributed by atoms with E-state index in [2.05, 4.69) is 21.2 Å². The van der Waals surface area contributed by atoms with E-state index in [1.165, 1.54) is 19.3 Å². The first-order valence-electron chi connectivity index (χ1n) is 9.92. The summed E-state index contributed by atoms with van der Waals surface area (Å²) in [6.07, 6.45) is 1.48. The topological polar surface area (TPSA) is 125 Å². The van der Waals surface area contributed by atoms with Gasteiger partial charge in [-0.1, -0.05) is 18.2 Å². The number of amides is 3. The van der Waals surface area contributed by atoms with Gasteiger partial charge in [0.1, 0.15) is 13.2 Å². The smallest absolute Gasteiger partial charge is 0.294 e. The lowest BCUT2D eigenvalue weighted by Gasteiger charge is -2.15. The molecule has 1 aliphatic rings. The molecule has 1 fully saturated rings. The van der Waals surface area contributed by atoms with E-state index in [1.807, 2.05) is 32.0 Å². The van der Waals surface area contributed by atoms with Crippen LogP contribution in [0.25, 0.3) is 6.08 Å². The molecule has 178 valence electrons. The van der Waals surface area contributed by atoms with Crippen LogP contribution in [0.4, 0.5) is 10.5 Å². The van der Waals surface area contributed by atoms with Crippen molar-refractivity contribution in [2.75, 3.05) is 25.6 Å². The predicted molar refractivity (Wildman–Crippen MR) is 128 cm³/mol. The van der Waals surface area contributed by atoms with Crippen LogP contribution in [0.15, 0.2) is 39.7 Å². The molecule has 1 saturated heterocycles. The molecule has 0 bridgehead atoms. The number of para-hydroxylation sites is 1. The first-order valence-corrected chi connectivity index (χ1v) is 11.5. The summed E-state index contributed by atoms with van der Waals surface area (Å²) in [6.45, 7) is 2.62. The molecule has 34 heavy (non-hydrogen) atoms. The zero-order valence-electron chi connectivity index (χ0n) is 18.5. The number of hydrogen-bond donors (Lipinski definition) is 1. The van der Waals surface area contributed by atoms with Gasteiger partial charge in [-0.2, -0.15) is 0 Å². The number of aryl methyl sites for hydroxylation is 2. The number of aliphatic carboxylic acids is 1. The molecule has 9 nitrogen and oxygen atoms in total. The normalized spacial score (nSPS) is 14.5. The molecule has 1 aliphatic heterocycles. The lowest BCUT2D eigenvalue weighted by molar-refractivity contribution is -0.307. The highest BCUT2D eigenvalue weighted by molar-refractivity contribution is 9.10.